The Balaban J connectivity index is 4.28. The van der Waals surface area contributed by atoms with Crippen molar-refractivity contribution in [2.45, 2.75) is 238 Å². The van der Waals surface area contributed by atoms with Crippen molar-refractivity contribution in [3.8, 4) is 0 Å². The molecule has 0 saturated carbocycles. The van der Waals surface area contributed by atoms with Crippen LogP contribution < -0.4 is 0 Å². The summed E-state index contributed by atoms with van der Waals surface area (Å²) >= 11 is 0. The fraction of sp³-hybridized carbons (Fsp3) is 0.772. The fourth-order valence-corrected chi connectivity index (χ4v) is 7.35. The molecule has 0 heterocycles. The van der Waals surface area contributed by atoms with Gasteiger partial charge in [0.2, 0.25) is 0 Å². The molecule has 0 aromatic heterocycles. The van der Waals surface area contributed by atoms with Gasteiger partial charge in [0.1, 0.15) is 13.2 Å². The highest BCUT2D eigenvalue weighted by atomic mass is 16.7. The SMILES string of the molecule is CC/C=C\C/C=C\C/C=C\C/C=C\CCCCCCCCCCCCCCC(=O)OC(COC(=O)CCCCCCC/C=C\CCCCCCCCC)COC(OCC[N+](C)(C)C)C(=O)O. The predicted octanol–water partition coefficient (Wildman–Crippen LogP) is 15.3. The van der Waals surface area contributed by atoms with Gasteiger partial charge in [-0.25, -0.2) is 4.79 Å². The van der Waals surface area contributed by atoms with E-state index in [-0.39, 0.29) is 32.2 Å². The van der Waals surface area contributed by atoms with Crippen molar-refractivity contribution in [3.05, 3.63) is 60.8 Å². The van der Waals surface area contributed by atoms with E-state index >= 15 is 0 Å². The fourth-order valence-electron chi connectivity index (χ4n) is 7.35. The highest BCUT2D eigenvalue weighted by molar-refractivity contribution is 5.71. The molecule has 0 aliphatic rings. The van der Waals surface area contributed by atoms with Crippen LogP contribution in [0.3, 0.4) is 0 Å². The van der Waals surface area contributed by atoms with Crippen molar-refractivity contribution in [2.24, 2.45) is 0 Å². The molecule has 0 aliphatic carbocycles. The van der Waals surface area contributed by atoms with Gasteiger partial charge in [-0.3, -0.25) is 9.59 Å². The van der Waals surface area contributed by atoms with Crippen molar-refractivity contribution in [2.75, 3.05) is 47.5 Å². The highest BCUT2D eigenvalue weighted by Crippen LogP contribution is 2.15. The number of carbonyl (C=O) groups excluding carboxylic acids is 2. The Morgan fingerprint density at radius 3 is 1.30 bits per heavy atom. The summed E-state index contributed by atoms with van der Waals surface area (Å²) in [7, 11) is 5.96. The minimum atomic E-state index is -1.51. The molecule has 1 N–H and O–H groups in total. The lowest BCUT2D eigenvalue weighted by molar-refractivity contribution is -0.870. The number of allylic oxidation sites excluding steroid dienone is 10. The zero-order valence-electron chi connectivity index (χ0n) is 43.3. The molecule has 0 aromatic rings. The molecule has 0 bridgehead atoms. The monoisotopic (exact) mass is 929 g/mol. The van der Waals surface area contributed by atoms with Crippen LogP contribution in [0.5, 0.6) is 0 Å². The molecule has 2 unspecified atom stereocenters. The number of carboxylic acids is 1. The van der Waals surface area contributed by atoms with Gasteiger partial charge >= 0.3 is 17.9 Å². The number of ether oxygens (including phenoxy) is 4. The van der Waals surface area contributed by atoms with Gasteiger partial charge in [-0.05, 0) is 77.0 Å². The van der Waals surface area contributed by atoms with Gasteiger partial charge in [0.05, 0.1) is 34.4 Å². The molecule has 0 saturated heterocycles. The van der Waals surface area contributed by atoms with Gasteiger partial charge in [0, 0.05) is 12.8 Å². The summed E-state index contributed by atoms with van der Waals surface area (Å²) in [6.07, 6.45) is 57.1. The number of rotatable bonds is 49. The number of aliphatic carboxylic acids is 1. The second-order valence-electron chi connectivity index (χ2n) is 19.2. The van der Waals surface area contributed by atoms with Gasteiger partial charge in [0.15, 0.2) is 6.10 Å². The Morgan fingerprint density at radius 2 is 0.864 bits per heavy atom. The van der Waals surface area contributed by atoms with E-state index in [0.717, 1.165) is 83.5 Å². The highest BCUT2D eigenvalue weighted by Gasteiger charge is 2.25. The lowest BCUT2D eigenvalue weighted by Crippen LogP contribution is -2.40. The number of unbranched alkanes of at least 4 members (excludes halogenated alkanes) is 24. The van der Waals surface area contributed by atoms with E-state index in [1.807, 2.05) is 21.1 Å². The van der Waals surface area contributed by atoms with Crippen molar-refractivity contribution in [1.82, 2.24) is 0 Å². The smallest absolute Gasteiger partial charge is 0.361 e. The molecule has 66 heavy (non-hydrogen) atoms. The number of likely N-dealkylation sites (N-methyl/N-ethyl adjacent to an activating group) is 1. The van der Waals surface area contributed by atoms with E-state index in [9.17, 15) is 19.5 Å². The Kier molecular flexibility index (Phi) is 46.2. The summed E-state index contributed by atoms with van der Waals surface area (Å²) in [4.78, 5) is 37.3. The van der Waals surface area contributed by atoms with Gasteiger partial charge in [-0.2, -0.15) is 0 Å². The van der Waals surface area contributed by atoms with E-state index < -0.39 is 24.3 Å². The number of carboxylic acid groups (broad SMARTS) is 1. The number of carbonyl (C=O) groups is 3. The largest absolute Gasteiger partial charge is 0.477 e. The van der Waals surface area contributed by atoms with Gasteiger partial charge in [-0.15, -0.1) is 0 Å². The van der Waals surface area contributed by atoms with Crippen LogP contribution in [0.2, 0.25) is 0 Å². The molecule has 0 rings (SSSR count). The lowest BCUT2D eigenvalue weighted by Gasteiger charge is -2.25. The quantitative estimate of drug-likeness (QED) is 0.0211. The number of esters is 2. The Hall–Kier alpha value is -3.01. The second-order valence-corrected chi connectivity index (χ2v) is 19.2. The van der Waals surface area contributed by atoms with E-state index in [0.29, 0.717) is 23.9 Å². The summed E-state index contributed by atoms with van der Waals surface area (Å²) in [5.74, 6) is -2.02. The maximum absolute atomic E-state index is 12.8. The molecule has 9 heteroatoms. The van der Waals surface area contributed by atoms with Gasteiger partial charge in [0.25, 0.3) is 6.29 Å². The average molecular weight is 929 g/mol. The van der Waals surface area contributed by atoms with Crippen molar-refractivity contribution < 1.29 is 42.9 Å². The van der Waals surface area contributed by atoms with Crippen molar-refractivity contribution in [1.29, 1.82) is 0 Å². The molecule has 2 atom stereocenters. The van der Waals surface area contributed by atoms with Crippen LogP contribution in [-0.4, -0.2) is 87.4 Å². The van der Waals surface area contributed by atoms with Crippen molar-refractivity contribution in [3.63, 3.8) is 0 Å². The molecular weight excluding hydrogens is 827 g/mol. The van der Waals surface area contributed by atoms with Crippen LogP contribution in [0.15, 0.2) is 60.8 Å². The normalized spacial score (nSPS) is 13.3. The van der Waals surface area contributed by atoms with Crippen LogP contribution in [0.4, 0.5) is 0 Å². The molecule has 0 aliphatic heterocycles. The minimum absolute atomic E-state index is 0.185. The van der Waals surface area contributed by atoms with Crippen LogP contribution in [-0.2, 0) is 33.3 Å². The predicted molar refractivity (Wildman–Crippen MR) is 276 cm³/mol. The van der Waals surface area contributed by atoms with E-state index in [4.69, 9.17) is 18.9 Å². The third kappa shape index (κ3) is 48.9. The van der Waals surface area contributed by atoms with Crippen LogP contribution >= 0.6 is 0 Å². The maximum Gasteiger partial charge on any atom is 0.361 e. The van der Waals surface area contributed by atoms with Crippen LogP contribution in [0, 0.1) is 0 Å². The number of hydrogen-bond acceptors (Lipinski definition) is 7. The minimum Gasteiger partial charge on any atom is -0.477 e. The summed E-state index contributed by atoms with van der Waals surface area (Å²) in [5, 5.41) is 9.68. The molecule has 0 spiro atoms. The zero-order chi connectivity index (χ0) is 48.4. The summed E-state index contributed by atoms with van der Waals surface area (Å²) in [5.41, 5.74) is 0. The molecular formula is C57H102NO8+. The van der Waals surface area contributed by atoms with Crippen LogP contribution in [0.1, 0.15) is 226 Å². The summed E-state index contributed by atoms with van der Waals surface area (Å²) in [6, 6.07) is 0. The Labute approximate surface area is 405 Å². The first kappa shape index (κ1) is 63.0. The zero-order valence-corrected chi connectivity index (χ0v) is 43.3. The Morgan fingerprint density at radius 1 is 0.470 bits per heavy atom. The molecule has 0 radical (unpaired) electrons. The third-order valence-corrected chi connectivity index (χ3v) is 11.5. The third-order valence-electron chi connectivity index (χ3n) is 11.5. The van der Waals surface area contributed by atoms with E-state index in [2.05, 4.69) is 74.6 Å². The van der Waals surface area contributed by atoms with E-state index in [1.165, 1.54) is 109 Å². The first-order valence-corrected chi connectivity index (χ1v) is 27.0. The first-order chi connectivity index (χ1) is 32.1. The summed E-state index contributed by atoms with van der Waals surface area (Å²) in [6.45, 7) is 4.76. The number of hydrogen-bond donors (Lipinski definition) is 1. The molecule has 0 fully saturated rings. The molecule has 9 nitrogen and oxygen atoms in total. The standard InChI is InChI=1S/C57H101NO8/c1-6-8-10-12-14-16-18-20-22-24-25-26-27-28-29-30-31-32-34-36-38-40-42-44-46-48-55(60)66-53(52-65-57(56(61)62)63-50-49-58(3,4)5)51-64-54(59)47-45-43-41-39-37-35-33-23-21-19-17-15-13-11-9-7-2/h8,10,14,16,20,22-23,25-26,33,53,57H,6-7,9,11-13,15,17-19,21,24,27-32,34-52H2,1-5H3/p+1/b10-8-,16-14-,22-20-,26-25-,33-23-. The topological polar surface area (TPSA) is 108 Å². The Bertz CT molecular complexity index is 1270. The first-order valence-electron chi connectivity index (χ1n) is 27.0. The maximum atomic E-state index is 12.8. The van der Waals surface area contributed by atoms with Crippen molar-refractivity contribution >= 4 is 17.9 Å². The average Bonchev–Trinajstić information content (AvgIpc) is 3.28. The molecule has 382 valence electrons. The lowest BCUT2D eigenvalue weighted by atomic mass is 10.0. The molecule has 0 amide bonds. The van der Waals surface area contributed by atoms with Gasteiger partial charge < -0.3 is 28.5 Å². The second kappa shape index (κ2) is 48.4. The van der Waals surface area contributed by atoms with Crippen LogP contribution in [0.25, 0.3) is 0 Å². The molecule has 0 aromatic carbocycles. The number of quaternary nitrogens is 1. The summed E-state index contributed by atoms with van der Waals surface area (Å²) < 4.78 is 22.8. The van der Waals surface area contributed by atoms with Gasteiger partial charge in [-0.1, -0.05) is 197 Å². The van der Waals surface area contributed by atoms with E-state index in [1.54, 1.807) is 0 Å². The number of nitrogens with zero attached hydrogens (tertiary/aromatic N) is 1.